The zero-order valence-corrected chi connectivity index (χ0v) is 10.3. The van der Waals surface area contributed by atoms with E-state index in [2.05, 4.69) is 39.5 Å². The number of hydrogen-bond donors (Lipinski definition) is 0. The summed E-state index contributed by atoms with van der Waals surface area (Å²) in [4.78, 5) is 2.46. The molecule has 0 aliphatic heterocycles. The molecule has 10 heavy (non-hydrogen) atoms. The summed E-state index contributed by atoms with van der Waals surface area (Å²) in [6, 6.07) is 1.38. The number of hydrogen-bond acceptors (Lipinski definition) is 1. The number of nitrogens with zero attached hydrogens (tertiary/aromatic N) is 1. The van der Waals surface area contributed by atoms with Crippen molar-refractivity contribution in [1.29, 1.82) is 0 Å². The molecule has 0 amide bonds. The van der Waals surface area contributed by atoms with Gasteiger partial charge in [-0.2, -0.15) is 0 Å². The van der Waals surface area contributed by atoms with E-state index >= 15 is 0 Å². The Bertz CT molecular complexity index is 68.5. The summed E-state index contributed by atoms with van der Waals surface area (Å²) in [7, 11) is 0. The van der Waals surface area contributed by atoms with Crippen molar-refractivity contribution in [2.45, 2.75) is 46.7 Å². The maximum atomic E-state index is 2.46. The second-order valence-corrected chi connectivity index (χ2v) is 3.02. The molecular formula is C8H20NNa. The van der Waals surface area contributed by atoms with Gasteiger partial charge in [-0.25, -0.2) is 0 Å². The topological polar surface area (TPSA) is 3.24 Å². The molecule has 0 unspecified atom stereocenters. The maximum Gasteiger partial charge on any atom is 1.00 e. The molecule has 0 atom stereocenters. The molecule has 0 N–H and O–H groups in total. The molecule has 0 aromatic carbocycles. The van der Waals surface area contributed by atoms with Gasteiger partial charge in [-0.3, -0.25) is 4.90 Å². The van der Waals surface area contributed by atoms with Gasteiger partial charge in [0.1, 0.15) is 0 Å². The third-order valence-corrected chi connectivity index (χ3v) is 1.69. The quantitative estimate of drug-likeness (QED) is 0.482. The van der Waals surface area contributed by atoms with Crippen LogP contribution in [0, 0.1) is 0 Å². The molecule has 0 rings (SSSR count). The van der Waals surface area contributed by atoms with Crippen LogP contribution in [-0.4, -0.2) is 23.5 Å². The summed E-state index contributed by atoms with van der Waals surface area (Å²) in [5, 5.41) is 0. The van der Waals surface area contributed by atoms with Gasteiger partial charge >= 0.3 is 29.6 Å². The van der Waals surface area contributed by atoms with Crippen molar-refractivity contribution in [2.24, 2.45) is 0 Å². The summed E-state index contributed by atoms with van der Waals surface area (Å²) in [6.07, 6.45) is 0. The van der Waals surface area contributed by atoms with Crippen LogP contribution in [0.1, 0.15) is 36.0 Å². The van der Waals surface area contributed by atoms with Gasteiger partial charge in [0.2, 0.25) is 0 Å². The van der Waals surface area contributed by atoms with Gasteiger partial charge in [-0.1, -0.05) is 6.92 Å². The van der Waals surface area contributed by atoms with Crippen LogP contribution in [0.5, 0.6) is 0 Å². The predicted octanol–water partition coefficient (Wildman–Crippen LogP) is -0.758. The van der Waals surface area contributed by atoms with Crippen LogP contribution >= 0.6 is 0 Å². The largest absolute Gasteiger partial charge is 1.00 e. The van der Waals surface area contributed by atoms with E-state index in [0.717, 1.165) is 6.54 Å². The number of rotatable bonds is 3. The Morgan fingerprint density at radius 2 is 1.40 bits per heavy atom. The van der Waals surface area contributed by atoms with Gasteiger partial charge in [0, 0.05) is 12.1 Å². The molecule has 0 saturated heterocycles. The minimum atomic E-state index is 0. The molecule has 0 spiro atoms. The van der Waals surface area contributed by atoms with Crippen LogP contribution in [0.15, 0.2) is 0 Å². The van der Waals surface area contributed by atoms with Crippen molar-refractivity contribution in [3.05, 3.63) is 0 Å². The van der Waals surface area contributed by atoms with Crippen molar-refractivity contribution in [3.63, 3.8) is 0 Å². The summed E-state index contributed by atoms with van der Waals surface area (Å²) >= 11 is 0. The summed E-state index contributed by atoms with van der Waals surface area (Å²) in [6.45, 7) is 12.3. The molecule has 2 heteroatoms. The standard InChI is InChI=1S/C8H19N.Na.H/c1-6-9(7(2)3)8(4)5;;/h7-8H,6H2,1-5H3;;/q;+1;-1. The normalized spacial score (nSPS) is 10.8. The van der Waals surface area contributed by atoms with E-state index in [9.17, 15) is 0 Å². The average Bonchev–Trinajstić information content (AvgIpc) is 1.64. The van der Waals surface area contributed by atoms with Gasteiger partial charge in [-0.15, -0.1) is 0 Å². The second-order valence-electron chi connectivity index (χ2n) is 3.02. The molecule has 0 aromatic rings. The van der Waals surface area contributed by atoms with Crippen LogP contribution in [-0.2, 0) is 0 Å². The first kappa shape index (κ1) is 13.5. The summed E-state index contributed by atoms with van der Waals surface area (Å²) in [5.41, 5.74) is 0. The van der Waals surface area contributed by atoms with Gasteiger partial charge in [0.25, 0.3) is 0 Å². The zero-order valence-electron chi connectivity index (χ0n) is 9.31. The predicted molar refractivity (Wildman–Crippen MR) is 43.8 cm³/mol. The third-order valence-electron chi connectivity index (χ3n) is 1.69. The minimum Gasteiger partial charge on any atom is -1.00 e. The smallest absolute Gasteiger partial charge is 1.00 e. The van der Waals surface area contributed by atoms with E-state index in [1.54, 1.807) is 0 Å². The van der Waals surface area contributed by atoms with Gasteiger partial charge in [-0.05, 0) is 34.2 Å². The first-order valence-electron chi connectivity index (χ1n) is 3.85. The van der Waals surface area contributed by atoms with Crippen LogP contribution in [0.3, 0.4) is 0 Å². The molecule has 0 radical (unpaired) electrons. The fraction of sp³-hybridized carbons (Fsp3) is 1.00. The van der Waals surface area contributed by atoms with Gasteiger partial charge in [0.15, 0.2) is 0 Å². The van der Waals surface area contributed by atoms with Crippen molar-refractivity contribution >= 4 is 0 Å². The fourth-order valence-corrected chi connectivity index (χ4v) is 1.33. The average molecular weight is 153 g/mol. The van der Waals surface area contributed by atoms with Crippen molar-refractivity contribution in [1.82, 2.24) is 4.90 Å². The molecule has 0 aromatic heterocycles. The van der Waals surface area contributed by atoms with Crippen LogP contribution in [0.25, 0.3) is 0 Å². The Kier molecular flexibility index (Phi) is 9.02. The zero-order chi connectivity index (χ0) is 7.44. The SMILES string of the molecule is CCN(C(C)C)C(C)C.[H-].[Na+]. The monoisotopic (exact) mass is 153 g/mol. The van der Waals surface area contributed by atoms with Crippen molar-refractivity contribution in [3.8, 4) is 0 Å². The van der Waals surface area contributed by atoms with Crippen molar-refractivity contribution < 1.29 is 31.0 Å². The Morgan fingerprint density at radius 1 is 1.10 bits per heavy atom. The molecule has 1 nitrogen and oxygen atoms in total. The van der Waals surface area contributed by atoms with E-state index in [1.807, 2.05) is 0 Å². The molecular weight excluding hydrogens is 133 g/mol. The molecule has 0 fully saturated rings. The molecule has 0 aliphatic rings. The van der Waals surface area contributed by atoms with E-state index in [1.165, 1.54) is 0 Å². The molecule has 0 bridgehead atoms. The molecule has 58 valence electrons. The summed E-state index contributed by atoms with van der Waals surface area (Å²) < 4.78 is 0. The minimum absolute atomic E-state index is 0. The Hall–Kier alpha value is 0.960. The van der Waals surface area contributed by atoms with Crippen LogP contribution in [0.2, 0.25) is 0 Å². The van der Waals surface area contributed by atoms with Crippen LogP contribution < -0.4 is 29.6 Å². The molecule has 0 aliphatic carbocycles. The van der Waals surface area contributed by atoms with E-state index in [4.69, 9.17) is 0 Å². The van der Waals surface area contributed by atoms with Gasteiger partial charge < -0.3 is 1.43 Å². The van der Waals surface area contributed by atoms with E-state index in [-0.39, 0.29) is 31.0 Å². The first-order chi connectivity index (χ1) is 4.09. The maximum absolute atomic E-state index is 2.46. The van der Waals surface area contributed by atoms with E-state index in [0.29, 0.717) is 12.1 Å². The van der Waals surface area contributed by atoms with Gasteiger partial charge in [0.05, 0.1) is 0 Å². The summed E-state index contributed by atoms with van der Waals surface area (Å²) in [5.74, 6) is 0. The van der Waals surface area contributed by atoms with Crippen molar-refractivity contribution in [2.75, 3.05) is 6.54 Å². The second kappa shape index (κ2) is 6.66. The third kappa shape index (κ3) is 4.73. The Labute approximate surface area is 89.0 Å². The molecule has 0 saturated carbocycles. The van der Waals surface area contributed by atoms with E-state index < -0.39 is 0 Å². The van der Waals surface area contributed by atoms with Crippen LogP contribution in [0.4, 0.5) is 0 Å². The Morgan fingerprint density at radius 3 is 1.40 bits per heavy atom. The fourth-order valence-electron chi connectivity index (χ4n) is 1.33. The molecule has 0 heterocycles. The first-order valence-corrected chi connectivity index (χ1v) is 3.85. The Balaban J connectivity index is -0.000000320.